The van der Waals surface area contributed by atoms with Gasteiger partial charge in [0.25, 0.3) is 0 Å². The zero-order chi connectivity index (χ0) is 8.10. The van der Waals surface area contributed by atoms with E-state index in [-0.39, 0.29) is 0 Å². The fourth-order valence-electron chi connectivity index (χ4n) is 0.960. The standard InChI is InChI=1S/C8H14N2S/c1-7-10-6-8(11-7)4-3-5-9-2/h6,9H,3-5H2,1-2H3. The summed E-state index contributed by atoms with van der Waals surface area (Å²) < 4.78 is 0. The highest BCUT2D eigenvalue weighted by Gasteiger charge is 1.96. The van der Waals surface area contributed by atoms with Crippen LogP contribution in [-0.2, 0) is 6.42 Å². The molecule has 0 aliphatic rings. The van der Waals surface area contributed by atoms with E-state index in [0.29, 0.717) is 0 Å². The minimum absolute atomic E-state index is 1.09. The van der Waals surface area contributed by atoms with Crippen molar-refractivity contribution in [3.8, 4) is 0 Å². The van der Waals surface area contributed by atoms with Crippen LogP contribution >= 0.6 is 11.3 Å². The molecule has 0 saturated heterocycles. The lowest BCUT2D eigenvalue weighted by molar-refractivity contribution is 0.729. The van der Waals surface area contributed by atoms with Gasteiger partial charge in [-0.25, -0.2) is 4.98 Å². The van der Waals surface area contributed by atoms with E-state index in [0.717, 1.165) is 13.0 Å². The van der Waals surface area contributed by atoms with Gasteiger partial charge in [-0.05, 0) is 33.4 Å². The van der Waals surface area contributed by atoms with Crippen LogP contribution in [0.1, 0.15) is 16.3 Å². The molecule has 1 aromatic heterocycles. The van der Waals surface area contributed by atoms with Crippen molar-refractivity contribution in [1.82, 2.24) is 10.3 Å². The molecule has 1 rings (SSSR count). The summed E-state index contributed by atoms with van der Waals surface area (Å²) in [6, 6.07) is 0. The Morgan fingerprint density at radius 3 is 3.00 bits per heavy atom. The van der Waals surface area contributed by atoms with Gasteiger partial charge in [-0.15, -0.1) is 11.3 Å². The van der Waals surface area contributed by atoms with Gasteiger partial charge >= 0.3 is 0 Å². The maximum absolute atomic E-state index is 4.19. The third-order valence-electron chi connectivity index (χ3n) is 1.52. The molecule has 0 bridgehead atoms. The monoisotopic (exact) mass is 170 g/mol. The Morgan fingerprint density at radius 2 is 2.45 bits per heavy atom. The van der Waals surface area contributed by atoms with Crippen molar-refractivity contribution in [2.45, 2.75) is 19.8 Å². The summed E-state index contributed by atoms with van der Waals surface area (Å²) >= 11 is 1.80. The lowest BCUT2D eigenvalue weighted by Crippen LogP contribution is -2.07. The number of rotatable bonds is 4. The fourth-order valence-corrected chi connectivity index (χ4v) is 1.80. The van der Waals surface area contributed by atoms with Crippen LogP contribution in [0.5, 0.6) is 0 Å². The van der Waals surface area contributed by atoms with Crippen LogP contribution in [0.15, 0.2) is 6.20 Å². The van der Waals surface area contributed by atoms with Crippen molar-refractivity contribution < 1.29 is 0 Å². The van der Waals surface area contributed by atoms with E-state index in [9.17, 15) is 0 Å². The molecule has 62 valence electrons. The Balaban J connectivity index is 2.27. The number of hydrogen-bond acceptors (Lipinski definition) is 3. The van der Waals surface area contributed by atoms with Crippen molar-refractivity contribution in [1.29, 1.82) is 0 Å². The second-order valence-corrected chi connectivity index (χ2v) is 3.87. The molecule has 11 heavy (non-hydrogen) atoms. The Kier molecular flexibility index (Phi) is 3.52. The Bertz CT molecular complexity index is 208. The van der Waals surface area contributed by atoms with E-state index in [2.05, 4.69) is 10.3 Å². The first-order chi connectivity index (χ1) is 5.33. The topological polar surface area (TPSA) is 24.9 Å². The van der Waals surface area contributed by atoms with Gasteiger partial charge in [-0.3, -0.25) is 0 Å². The Labute approximate surface area is 71.7 Å². The van der Waals surface area contributed by atoms with Crippen LogP contribution in [0.3, 0.4) is 0 Å². The van der Waals surface area contributed by atoms with E-state index in [1.165, 1.54) is 16.3 Å². The first kappa shape index (κ1) is 8.68. The van der Waals surface area contributed by atoms with Gasteiger partial charge in [0, 0.05) is 11.1 Å². The SMILES string of the molecule is CNCCCc1cnc(C)s1. The number of hydrogen-bond donors (Lipinski definition) is 1. The van der Waals surface area contributed by atoms with Crippen LogP contribution in [0, 0.1) is 6.92 Å². The third kappa shape index (κ3) is 2.99. The minimum Gasteiger partial charge on any atom is -0.320 e. The molecule has 0 atom stereocenters. The van der Waals surface area contributed by atoms with E-state index >= 15 is 0 Å². The molecule has 0 unspecified atom stereocenters. The first-order valence-corrected chi connectivity index (χ1v) is 4.70. The highest BCUT2D eigenvalue weighted by Crippen LogP contribution is 2.12. The number of nitrogens with zero attached hydrogens (tertiary/aromatic N) is 1. The summed E-state index contributed by atoms with van der Waals surface area (Å²) in [5.41, 5.74) is 0. The van der Waals surface area contributed by atoms with Gasteiger partial charge in [-0.2, -0.15) is 0 Å². The molecule has 1 aromatic rings. The molecule has 0 aliphatic carbocycles. The zero-order valence-electron chi connectivity index (χ0n) is 7.05. The molecule has 1 heterocycles. The number of aryl methyl sites for hydroxylation is 2. The average Bonchev–Trinajstić information content (AvgIpc) is 2.37. The molecular weight excluding hydrogens is 156 g/mol. The quantitative estimate of drug-likeness (QED) is 0.694. The molecular formula is C8H14N2S. The maximum Gasteiger partial charge on any atom is 0.0896 e. The smallest absolute Gasteiger partial charge is 0.0896 e. The molecule has 0 aromatic carbocycles. The molecule has 1 N–H and O–H groups in total. The molecule has 3 heteroatoms. The molecule has 2 nitrogen and oxygen atoms in total. The van der Waals surface area contributed by atoms with Crippen molar-refractivity contribution in [2.24, 2.45) is 0 Å². The van der Waals surface area contributed by atoms with Gasteiger partial charge in [0.15, 0.2) is 0 Å². The zero-order valence-corrected chi connectivity index (χ0v) is 7.87. The van der Waals surface area contributed by atoms with Gasteiger partial charge in [0.2, 0.25) is 0 Å². The summed E-state index contributed by atoms with van der Waals surface area (Å²) in [5, 5.41) is 4.30. The van der Waals surface area contributed by atoms with Crippen molar-refractivity contribution in [2.75, 3.05) is 13.6 Å². The summed E-state index contributed by atoms with van der Waals surface area (Å²) in [5.74, 6) is 0. The maximum atomic E-state index is 4.19. The van der Waals surface area contributed by atoms with Crippen molar-refractivity contribution >= 4 is 11.3 Å². The fraction of sp³-hybridized carbons (Fsp3) is 0.625. The van der Waals surface area contributed by atoms with Crippen LogP contribution in [0.25, 0.3) is 0 Å². The van der Waals surface area contributed by atoms with E-state index < -0.39 is 0 Å². The van der Waals surface area contributed by atoms with Gasteiger partial charge in [0.05, 0.1) is 5.01 Å². The largest absolute Gasteiger partial charge is 0.320 e. The van der Waals surface area contributed by atoms with Gasteiger partial charge in [0.1, 0.15) is 0 Å². The first-order valence-electron chi connectivity index (χ1n) is 3.89. The number of aromatic nitrogens is 1. The lowest BCUT2D eigenvalue weighted by atomic mass is 10.3. The van der Waals surface area contributed by atoms with Crippen LogP contribution in [-0.4, -0.2) is 18.6 Å². The summed E-state index contributed by atoms with van der Waals surface area (Å²) in [6.45, 7) is 3.14. The molecule has 0 spiro atoms. The van der Waals surface area contributed by atoms with Gasteiger partial charge in [-0.1, -0.05) is 0 Å². The van der Waals surface area contributed by atoms with E-state index in [1.807, 2.05) is 20.2 Å². The summed E-state index contributed by atoms with van der Waals surface area (Å²) in [7, 11) is 1.98. The Hall–Kier alpha value is -0.410. The van der Waals surface area contributed by atoms with Crippen LogP contribution in [0.2, 0.25) is 0 Å². The van der Waals surface area contributed by atoms with Crippen molar-refractivity contribution in [3.05, 3.63) is 16.1 Å². The number of nitrogens with one attached hydrogen (secondary N) is 1. The minimum atomic E-state index is 1.09. The highest BCUT2D eigenvalue weighted by atomic mass is 32.1. The molecule has 0 amide bonds. The summed E-state index contributed by atoms with van der Waals surface area (Å²) in [4.78, 5) is 5.59. The van der Waals surface area contributed by atoms with Crippen molar-refractivity contribution in [3.63, 3.8) is 0 Å². The summed E-state index contributed by atoms with van der Waals surface area (Å²) in [6.07, 6.45) is 4.35. The van der Waals surface area contributed by atoms with E-state index in [1.54, 1.807) is 11.3 Å². The normalized spacial score (nSPS) is 10.4. The number of thiazole rings is 1. The third-order valence-corrected chi connectivity index (χ3v) is 2.49. The molecule has 0 saturated carbocycles. The second kappa shape index (κ2) is 4.46. The molecule has 0 radical (unpaired) electrons. The Morgan fingerprint density at radius 1 is 1.64 bits per heavy atom. The molecule has 0 fully saturated rings. The predicted octanol–water partition coefficient (Wildman–Crippen LogP) is 1.60. The van der Waals surface area contributed by atoms with Crippen LogP contribution in [0.4, 0.5) is 0 Å². The lowest BCUT2D eigenvalue weighted by Gasteiger charge is -1.94. The predicted molar refractivity (Wildman–Crippen MR) is 49.1 cm³/mol. The van der Waals surface area contributed by atoms with Gasteiger partial charge < -0.3 is 5.32 Å². The van der Waals surface area contributed by atoms with E-state index in [4.69, 9.17) is 0 Å². The van der Waals surface area contributed by atoms with Crippen LogP contribution < -0.4 is 5.32 Å². The average molecular weight is 170 g/mol. The highest BCUT2D eigenvalue weighted by molar-refractivity contribution is 7.11. The molecule has 0 aliphatic heterocycles. The second-order valence-electron chi connectivity index (χ2n) is 2.55.